The molecule has 0 spiro atoms. The molecule has 0 aliphatic carbocycles. The molecule has 25 heavy (non-hydrogen) atoms. The second-order valence-corrected chi connectivity index (χ2v) is 6.19. The zero-order valence-corrected chi connectivity index (χ0v) is 14.6. The second-order valence-electron chi connectivity index (χ2n) is 6.19. The first kappa shape index (κ1) is 16.9. The van der Waals surface area contributed by atoms with E-state index in [4.69, 9.17) is 4.52 Å². The highest BCUT2D eigenvalue weighted by Gasteiger charge is 2.23. The second kappa shape index (κ2) is 7.29. The van der Waals surface area contributed by atoms with Crippen molar-refractivity contribution in [3.63, 3.8) is 0 Å². The van der Waals surface area contributed by atoms with Gasteiger partial charge >= 0.3 is 0 Å². The van der Waals surface area contributed by atoms with Crippen molar-refractivity contribution >= 4 is 11.7 Å². The van der Waals surface area contributed by atoms with Crippen LogP contribution in [0.15, 0.2) is 41.3 Å². The first-order valence-electron chi connectivity index (χ1n) is 8.24. The number of amides is 1. The third kappa shape index (κ3) is 3.93. The molecule has 3 aromatic rings. The van der Waals surface area contributed by atoms with E-state index in [9.17, 15) is 4.79 Å². The van der Waals surface area contributed by atoms with Crippen molar-refractivity contribution in [1.29, 1.82) is 0 Å². The molecule has 0 atom stereocenters. The van der Waals surface area contributed by atoms with E-state index in [2.05, 4.69) is 20.6 Å². The molecule has 0 unspecified atom stereocenters. The van der Waals surface area contributed by atoms with Crippen molar-refractivity contribution in [2.24, 2.45) is 0 Å². The van der Waals surface area contributed by atoms with E-state index in [1.165, 1.54) is 5.56 Å². The summed E-state index contributed by atoms with van der Waals surface area (Å²) in [5.41, 5.74) is 2.26. The molecule has 0 bridgehead atoms. The molecule has 130 valence electrons. The summed E-state index contributed by atoms with van der Waals surface area (Å²) in [5.74, 6) is 0.934. The first-order valence-corrected chi connectivity index (χ1v) is 8.24. The minimum Gasteiger partial charge on any atom is -0.360 e. The SMILES string of the molecule is Cc1noc(C(C)C)c1C(=O)Nc1ccn(CCc2ccncc2)n1. The Balaban J connectivity index is 1.65. The van der Waals surface area contributed by atoms with E-state index in [-0.39, 0.29) is 11.8 Å². The molecule has 0 radical (unpaired) electrons. The Morgan fingerprint density at radius 2 is 2.04 bits per heavy atom. The van der Waals surface area contributed by atoms with Gasteiger partial charge in [-0.05, 0) is 31.0 Å². The fourth-order valence-corrected chi connectivity index (χ4v) is 2.58. The minimum atomic E-state index is -0.248. The molecule has 7 nitrogen and oxygen atoms in total. The van der Waals surface area contributed by atoms with Gasteiger partial charge in [0.15, 0.2) is 11.6 Å². The Morgan fingerprint density at radius 3 is 2.76 bits per heavy atom. The third-order valence-electron chi connectivity index (χ3n) is 3.90. The number of hydrogen-bond acceptors (Lipinski definition) is 5. The van der Waals surface area contributed by atoms with Crippen LogP contribution in [0.2, 0.25) is 0 Å². The summed E-state index contributed by atoms with van der Waals surface area (Å²) in [5, 5.41) is 11.1. The van der Waals surface area contributed by atoms with Crippen LogP contribution >= 0.6 is 0 Å². The summed E-state index contributed by atoms with van der Waals surface area (Å²) in [7, 11) is 0. The van der Waals surface area contributed by atoms with Gasteiger partial charge in [-0.25, -0.2) is 0 Å². The zero-order chi connectivity index (χ0) is 17.8. The molecule has 3 rings (SSSR count). The molecule has 1 N–H and O–H groups in total. The average molecular weight is 339 g/mol. The molecule has 0 aromatic carbocycles. The van der Waals surface area contributed by atoms with E-state index >= 15 is 0 Å². The molecule has 0 saturated heterocycles. The lowest BCUT2D eigenvalue weighted by Gasteiger charge is -2.05. The minimum absolute atomic E-state index is 0.0832. The van der Waals surface area contributed by atoms with Crippen LogP contribution in [-0.4, -0.2) is 25.8 Å². The van der Waals surface area contributed by atoms with Gasteiger partial charge in [0.25, 0.3) is 5.91 Å². The van der Waals surface area contributed by atoms with Crippen LogP contribution in [0.4, 0.5) is 5.82 Å². The molecule has 0 aliphatic heterocycles. The third-order valence-corrected chi connectivity index (χ3v) is 3.90. The van der Waals surface area contributed by atoms with Crippen LogP contribution in [0.1, 0.15) is 47.1 Å². The number of hydrogen-bond donors (Lipinski definition) is 1. The zero-order valence-electron chi connectivity index (χ0n) is 14.6. The quantitative estimate of drug-likeness (QED) is 0.745. The van der Waals surface area contributed by atoms with E-state index in [0.29, 0.717) is 22.8 Å². The van der Waals surface area contributed by atoms with E-state index in [1.54, 1.807) is 30.1 Å². The van der Waals surface area contributed by atoms with Crippen molar-refractivity contribution in [2.45, 2.75) is 39.7 Å². The van der Waals surface area contributed by atoms with Gasteiger partial charge in [0, 0.05) is 37.1 Å². The number of nitrogens with zero attached hydrogens (tertiary/aromatic N) is 4. The van der Waals surface area contributed by atoms with Gasteiger partial charge in [0.1, 0.15) is 5.56 Å². The highest BCUT2D eigenvalue weighted by atomic mass is 16.5. The summed E-state index contributed by atoms with van der Waals surface area (Å²) in [6, 6.07) is 5.74. The number of carbonyl (C=O) groups is 1. The van der Waals surface area contributed by atoms with Gasteiger partial charge in [-0.3, -0.25) is 14.5 Å². The number of nitrogens with one attached hydrogen (secondary N) is 1. The van der Waals surface area contributed by atoms with Gasteiger partial charge in [-0.15, -0.1) is 0 Å². The van der Waals surface area contributed by atoms with Crippen LogP contribution in [0.3, 0.4) is 0 Å². The Hall–Kier alpha value is -2.96. The summed E-state index contributed by atoms with van der Waals surface area (Å²) >= 11 is 0. The predicted octanol–water partition coefficient (Wildman–Crippen LogP) is 3.19. The van der Waals surface area contributed by atoms with Gasteiger partial charge in [0.2, 0.25) is 0 Å². The molecule has 0 aliphatic rings. The van der Waals surface area contributed by atoms with Crippen molar-refractivity contribution in [3.05, 3.63) is 59.4 Å². The predicted molar refractivity (Wildman–Crippen MR) is 93.5 cm³/mol. The van der Waals surface area contributed by atoms with Crippen molar-refractivity contribution in [2.75, 3.05) is 5.32 Å². The summed E-state index contributed by atoms with van der Waals surface area (Å²) in [6.45, 7) is 6.41. The van der Waals surface area contributed by atoms with Gasteiger partial charge in [-0.2, -0.15) is 5.10 Å². The average Bonchev–Trinajstić information content (AvgIpc) is 3.20. The molecule has 3 heterocycles. The number of aromatic nitrogens is 4. The first-order chi connectivity index (χ1) is 12.0. The topological polar surface area (TPSA) is 85.8 Å². The van der Waals surface area contributed by atoms with Gasteiger partial charge in [-0.1, -0.05) is 19.0 Å². The Kier molecular flexibility index (Phi) is 4.92. The van der Waals surface area contributed by atoms with Crippen molar-refractivity contribution in [3.8, 4) is 0 Å². The monoisotopic (exact) mass is 339 g/mol. The van der Waals surface area contributed by atoms with E-state index in [0.717, 1.165) is 13.0 Å². The molecular weight excluding hydrogens is 318 g/mol. The fraction of sp³-hybridized carbons (Fsp3) is 0.333. The number of pyridine rings is 1. The Labute approximate surface area is 146 Å². The highest BCUT2D eigenvalue weighted by Crippen LogP contribution is 2.23. The lowest BCUT2D eigenvalue weighted by Crippen LogP contribution is -2.15. The largest absolute Gasteiger partial charge is 0.360 e. The molecule has 0 fully saturated rings. The molecule has 3 aromatic heterocycles. The number of anilines is 1. The lowest BCUT2D eigenvalue weighted by molar-refractivity contribution is 0.102. The number of rotatable bonds is 6. The fourth-order valence-electron chi connectivity index (χ4n) is 2.58. The van der Waals surface area contributed by atoms with Crippen molar-refractivity contribution < 1.29 is 9.32 Å². The summed E-state index contributed by atoms with van der Waals surface area (Å²) < 4.78 is 7.07. The summed E-state index contributed by atoms with van der Waals surface area (Å²) in [4.78, 5) is 16.5. The van der Waals surface area contributed by atoms with Gasteiger partial charge in [0.05, 0.1) is 5.69 Å². The molecular formula is C18H21N5O2. The van der Waals surface area contributed by atoms with E-state index < -0.39 is 0 Å². The lowest BCUT2D eigenvalue weighted by atomic mass is 10.0. The number of aryl methyl sites for hydroxylation is 3. The molecule has 7 heteroatoms. The van der Waals surface area contributed by atoms with Crippen LogP contribution in [-0.2, 0) is 13.0 Å². The van der Waals surface area contributed by atoms with Crippen LogP contribution in [0.25, 0.3) is 0 Å². The maximum absolute atomic E-state index is 12.5. The Morgan fingerprint density at radius 1 is 1.28 bits per heavy atom. The smallest absolute Gasteiger partial charge is 0.262 e. The maximum Gasteiger partial charge on any atom is 0.262 e. The summed E-state index contributed by atoms with van der Waals surface area (Å²) in [6.07, 6.45) is 6.25. The molecule has 0 saturated carbocycles. The number of carbonyl (C=O) groups excluding carboxylic acids is 1. The normalized spacial score (nSPS) is 11.0. The standard InChI is InChI=1S/C18H21N5O2/c1-12(2)17-16(13(3)22-25-17)18(24)20-15-7-11-23(21-15)10-6-14-4-8-19-9-5-14/h4-5,7-9,11-12H,6,10H2,1-3H3,(H,20,21,24). The van der Waals surface area contributed by atoms with Crippen LogP contribution in [0, 0.1) is 6.92 Å². The van der Waals surface area contributed by atoms with Crippen LogP contribution in [0.5, 0.6) is 0 Å². The van der Waals surface area contributed by atoms with Crippen molar-refractivity contribution in [1.82, 2.24) is 19.9 Å². The Bertz CT molecular complexity index is 851. The molecule has 1 amide bonds. The maximum atomic E-state index is 12.5. The van der Waals surface area contributed by atoms with E-state index in [1.807, 2.05) is 32.2 Å². The highest BCUT2D eigenvalue weighted by molar-refractivity contribution is 6.05. The van der Waals surface area contributed by atoms with Gasteiger partial charge < -0.3 is 9.84 Å². The van der Waals surface area contributed by atoms with Crippen LogP contribution < -0.4 is 5.32 Å².